The van der Waals surface area contributed by atoms with Crippen molar-refractivity contribution in [1.82, 2.24) is 18.3 Å². The molecule has 4 aromatic rings. The minimum absolute atomic E-state index is 0.138. The van der Waals surface area contributed by atoms with Gasteiger partial charge in [-0.2, -0.15) is 23.5 Å². The van der Waals surface area contributed by atoms with Crippen LogP contribution < -0.4 is 5.69 Å². The van der Waals surface area contributed by atoms with Gasteiger partial charge in [0.1, 0.15) is 5.69 Å². The van der Waals surface area contributed by atoms with Crippen molar-refractivity contribution < 1.29 is 13.2 Å². The lowest BCUT2D eigenvalue weighted by molar-refractivity contribution is -0.137. The van der Waals surface area contributed by atoms with Gasteiger partial charge in [0.05, 0.1) is 46.2 Å². The lowest BCUT2D eigenvalue weighted by Gasteiger charge is -2.11. The Balaban J connectivity index is 1.93. The van der Waals surface area contributed by atoms with E-state index in [2.05, 4.69) is 11.2 Å². The van der Waals surface area contributed by atoms with E-state index < -0.39 is 17.4 Å². The molecule has 0 aliphatic rings. The SMILES string of the molecule is CCCSn1c(-c2ccnn2-c2ccc(C#N)cc2)c(C)n(-c2cccc(C(F)(F)F)c2)c1=O. The third-order valence-electron chi connectivity index (χ3n) is 5.23. The lowest BCUT2D eigenvalue weighted by Crippen LogP contribution is -2.21. The number of nitriles is 1. The van der Waals surface area contributed by atoms with Gasteiger partial charge in [0.2, 0.25) is 0 Å². The fourth-order valence-corrected chi connectivity index (χ4v) is 4.58. The Hall–Kier alpha value is -3.71. The summed E-state index contributed by atoms with van der Waals surface area (Å²) in [6.45, 7) is 3.69. The van der Waals surface area contributed by atoms with E-state index in [1.807, 2.05) is 6.92 Å². The van der Waals surface area contributed by atoms with Crippen LogP contribution in [0.1, 0.15) is 30.2 Å². The molecular formula is C24H20F3N5OS. The van der Waals surface area contributed by atoms with Gasteiger partial charge in [-0.1, -0.05) is 13.0 Å². The van der Waals surface area contributed by atoms with Crippen LogP contribution in [0.25, 0.3) is 22.8 Å². The molecule has 6 nitrogen and oxygen atoms in total. The van der Waals surface area contributed by atoms with Crippen molar-refractivity contribution in [3.63, 3.8) is 0 Å². The average molecular weight is 484 g/mol. The third kappa shape index (κ3) is 4.26. The summed E-state index contributed by atoms with van der Waals surface area (Å²) >= 11 is 1.30. The van der Waals surface area contributed by atoms with Crippen LogP contribution in [0.15, 0.2) is 65.6 Å². The molecule has 2 heterocycles. The summed E-state index contributed by atoms with van der Waals surface area (Å²) in [6, 6.07) is 15.4. The van der Waals surface area contributed by atoms with Gasteiger partial charge in [0.25, 0.3) is 0 Å². The largest absolute Gasteiger partial charge is 0.416 e. The molecule has 0 spiro atoms. The van der Waals surface area contributed by atoms with E-state index in [1.165, 1.54) is 32.6 Å². The highest BCUT2D eigenvalue weighted by Crippen LogP contribution is 2.33. The second kappa shape index (κ2) is 9.27. The van der Waals surface area contributed by atoms with E-state index in [0.717, 1.165) is 18.6 Å². The topological polar surface area (TPSA) is 68.5 Å². The number of halogens is 3. The maximum atomic E-state index is 13.5. The van der Waals surface area contributed by atoms with Crippen LogP contribution in [0.2, 0.25) is 0 Å². The summed E-state index contributed by atoms with van der Waals surface area (Å²) in [6.07, 6.45) is -2.13. The first kappa shape index (κ1) is 23.4. The van der Waals surface area contributed by atoms with Gasteiger partial charge in [-0.25, -0.2) is 13.4 Å². The lowest BCUT2D eigenvalue weighted by atomic mass is 10.2. The predicted molar refractivity (Wildman–Crippen MR) is 125 cm³/mol. The molecule has 34 heavy (non-hydrogen) atoms. The number of benzene rings is 2. The summed E-state index contributed by atoms with van der Waals surface area (Å²) < 4.78 is 44.4. The normalized spacial score (nSPS) is 11.5. The van der Waals surface area contributed by atoms with Gasteiger partial charge in [-0.15, -0.1) is 0 Å². The fourth-order valence-electron chi connectivity index (χ4n) is 3.67. The van der Waals surface area contributed by atoms with E-state index in [-0.39, 0.29) is 5.69 Å². The van der Waals surface area contributed by atoms with Crippen LogP contribution in [0, 0.1) is 18.3 Å². The van der Waals surface area contributed by atoms with Crippen LogP contribution in [0.5, 0.6) is 0 Å². The smallest absolute Gasteiger partial charge is 0.264 e. The minimum atomic E-state index is -4.52. The molecule has 4 rings (SSSR count). The first-order valence-corrected chi connectivity index (χ1v) is 11.4. The van der Waals surface area contributed by atoms with Crippen LogP contribution in [-0.2, 0) is 6.18 Å². The van der Waals surface area contributed by atoms with E-state index >= 15 is 0 Å². The number of hydrogen-bond acceptors (Lipinski definition) is 4. The van der Waals surface area contributed by atoms with E-state index in [1.54, 1.807) is 48.1 Å². The maximum Gasteiger partial charge on any atom is 0.416 e. The van der Waals surface area contributed by atoms with E-state index in [4.69, 9.17) is 5.26 Å². The van der Waals surface area contributed by atoms with E-state index in [9.17, 15) is 18.0 Å². The van der Waals surface area contributed by atoms with Gasteiger partial charge in [0, 0.05) is 5.75 Å². The molecule has 0 atom stereocenters. The average Bonchev–Trinajstić information content (AvgIpc) is 3.39. The number of imidazole rings is 1. The number of hydrogen-bond donors (Lipinski definition) is 0. The van der Waals surface area contributed by atoms with Gasteiger partial charge in [-0.3, -0.25) is 4.57 Å². The van der Waals surface area contributed by atoms with Gasteiger partial charge in [-0.05, 0) is 73.8 Å². The highest BCUT2D eigenvalue weighted by Gasteiger charge is 2.31. The second-order valence-corrected chi connectivity index (χ2v) is 8.55. The summed E-state index contributed by atoms with van der Waals surface area (Å²) in [5, 5.41) is 13.5. The van der Waals surface area contributed by atoms with Crippen molar-refractivity contribution in [3.8, 4) is 28.8 Å². The molecule has 0 radical (unpaired) electrons. The van der Waals surface area contributed by atoms with Crippen LogP contribution in [0.4, 0.5) is 13.2 Å². The van der Waals surface area contributed by atoms with Gasteiger partial charge in [0.15, 0.2) is 0 Å². The van der Waals surface area contributed by atoms with Crippen molar-refractivity contribution in [2.24, 2.45) is 0 Å². The highest BCUT2D eigenvalue weighted by atomic mass is 32.2. The third-order valence-corrected chi connectivity index (χ3v) is 6.42. The van der Waals surface area contributed by atoms with Crippen molar-refractivity contribution >= 4 is 11.9 Å². The van der Waals surface area contributed by atoms with Gasteiger partial charge >= 0.3 is 11.9 Å². The Morgan fingerprint density at radius 1 is 1.09 bits per heavy atom. The Bertz CT molecular complexity index is 1420. The molecule has 0 saturated carbocycles. The number of aromatic nitrogens is 4. The molecule has 2 aromatic carbocycles. The molecule has 174 valence electrons. The number of alkyl halides is 3. The molecule has 0 bridgehead atoms. The van der Waals surface area contributed by atoms with Crippen LogP contribution in [-0.4, -0.2) is 24.1 Å². The zero-order valence-corrected chi connectivity index (χ0v) is 19.2. The number of nitrogens with zero attached hydrogens (tertiary/aromatic N) is 5. The Kier molecular flexibility index (Phi) is 6.39. The quantitative estimate of drug-likeness (QED) is 0.358. The van der Waals surface area contributed by atoms with Crippen molar-refractivity contribution in [2.75, 3.05) is 5.75 Å². The summed E-state index contributed by atoms with van der Waals surface area (Å²) in [5.74, 6) is 0.643. The summed E-state index contributed by atoms with van der Waals surface area (Å²) in [4.78, 5) is 13.5. The van der Waals surface area contributed by atoms with Crippen molar-refractivity contribution in [2.45, 2.75) is 26.4 Å². The van der Waals surface area contributed by atoms with Gasteiger partial charge < -0.3 is 0 Å². The van der Waals surface area contributed by atoms with Crippen LogP contribution >= 0.6 is 11.9 Å². The molecule has 10 heteroatoms. The second-order valence-electron chi connectivity index (χ2n) is 7.51. The molecule has 0 saturated heterocycles. The first-order chi connectivity index (χ1) is 16.3. The van der Waals surface area contributed by atoms with Crippen LogP contribution in [0.3, 0.4) is 0 Å². The molecule has 0 fully saturated rings. The molecule has 2 aromatic heterocycles. The number of rotatable bonds is 6. The first-order valence-electron chi connectivity index (χ1n) is 10.5. The Labute approximate surface area is 198 Å². The standard InChI is InChI=1S/C24H20F3N5OS/c1-3-13-34-32-22(21-11-12-29-31(21)19-9-7-17(15-28)8-10-19)16(2)30(23(32)33)20-6-4-5-18(14-20)24(25,26)27/h4-12,14H,3,13H2,1-2H3. The molecule has 0 aliphatic heterocycles. The van der Waals surface area contributed by atoms with E-state index in [0.29, 0.717) is 34.1 Å². The van der Waals surface area contributed by atoms with Crippen molar-refractivity contribution in [3.05, 3.63) is 88.1 Å². The predicted octanol–water partition coefficient (Wildman–Crippen LogP) is 5.60. The summed E-state index contributed by atoms with van der Waals surface area (Å²) in [7, 11) is 0. The maximum absolute atomic E-state index is 13.5. The molecule has 0 aliphatic carbocycles. The zero-order chi connectivity index (χ0) is 24.5. The summed E-state index contributed by atoms with van der Waals surface area (Å²) in [5.41, 5.74) is 1.69. The Morgan fingerprint density at radius 3 is 2.47 bits per heavy atom. The molecular weight excluding hydrogens is 463 g/mol. The minimum Gasteiger partial charge on any atom is -0.264 e. The fraction of sp³-hybridized carbons (Fsp3) is 0.208. The monoisotopic (exact) mass is 483 g/mol. The zero-order valence-electron chi connectivity index (χ0n) is 18.4. The molecule has 0 amide bonds. The molecule has 0 unspecified atom stereocenters. The van der Waals surface area contributed by atoms with Crippen molar-refractivity contribution in [1.29, 1.82) is 5.26 Å². The molecule has 0 N–H and O–H groups in total. The highest BCUT2D eigenvalue weighted by molar-refractivity contribution is 7.97. The Morgan fingerprint density at radius 2 is 1.82 bits per heavy atom.